The van der Waals surface area contributed by atoms with Crippen LogP contribution in [0.5, 0.6) is 0 Å². The van der Waals surface area contributed by atoms with Crippen molar-refractivity contribution in [3.05, 3.63) is 5.82 Å². The van der Waals surface area contributed by atoms with Gasteiger partial charge in [-0.1, -0.05) is 64.7 Å². The summed E-state index contributed by atoms with van der Waals surface area (Å²) in [5.41, 5.74) is 0. The number of halogens is 1. The van der Waals surface area contributed by atoms with Crippen molar-refractivity contribution in [3.63, 3.8) is 0 Å². The molecule has 6 nitrogen and oxygen atoms in total. The number of aromatic nitrogens is 4. The molecule has 0 fully saturated rings. The van der Waals surface area contributed by atoms with Crippen LogP contribution in [0.4, 0.5) is 4.39 Å². The Morgan fingerprint density at radius 1 is 1.04 bits per heavy atom. The normalized spacial score (nSPS) is 12.3. The molecule has 0 aliphatic heterocycles. The second-order valence-corrected chi connectivity index (χ2v) is 6.06. The van der Waals surface area contributed by atoms with Gasteiger partial charge in [-0.25, -0.2) is 13.9 Å². The van der Waals surface area contributed by atoms with Gasteiger partial charge >= 0.3 is 5.97 Å². The highest BCUT2D eigenvalue weighted by Gasteiger charge is 2.27. The molecule has 0 saturated carbocycles. The lowest BCUT2D eigenvalue weighted by Crippen LogP contribution is -2.17. The summed E-state index contributed by atoms with van der Waals surface area (Å²) in [5, 5.41) is 10.8. The van der Waals surface area contributed by atoms with E-state index in [0.717, 1.165) is 12.8 Å². The van der Waals surface area contributed by atoms with Crippen molar-refractivity contribution >= 4 is 5.97 Å². The smallest absolute Gasteiger partial charge is 0.348 e. The molecule has 0 saturated heterocycles. The van der Waals surface area contributed by atoms with Gasteiger partial charge in [0.1, 0.15) is 0 Å². The molecule has 0 aromatic carbocycles. The topological polar surface area (TPSA) is 69.9 Å². The van der Waals surface area contributed by atoms with E-state index >= 15 is 0 Å². The zero-order chi connectivity index (χ0) is 17.6. The Hall–Kier alpha value is -1.53. The van der Waals surface area contributed by atoms with Gasteiger partial charge in [-0.2, -0.15) is 0 Å². The Labute approximate surface area is 144 Å². The molecule has 24 heavy (non-hydrogen) atoms. The van der Waals surface area contributed by atoms with E-state index in [1.54, 1.807) is 6.92 Å². The van der Waals surface area contributed by atoms with E-state index in [1.165, 1.54) is 56.0 Å². The summed E-state index contributed by atoms with van der Waals surface area (Å²) < 4.78 is 20.0. The number of ether oxygens (including phenoxy) is 1. The summed E-state index contributed by atoms with van der Waals surface area (Å²) in [7, 11) is 0. The molecule has 0 radical (unpaired) electrons. The Kier molecular flexibility index (Phi) is 11.0. The lowest BCUT2D eigenvalue weighted by Gasteiger charge is -2.08. The Morgan fingerprint density at radius 3 is 2.21 bits per heavy atom. The molecule has 1 rings (SSSR count). The number of alkyl halides is 1. The minimum atomic E-state index is -1.91. The number of esters is 1. The first kappa shape index (κ1) is 20.5. The first-order valence-electron chi connectivity index (χ1n) is 9.27. The first-order chi connectivity index (χ1) is 11.7. The number of carbonyl (C=O) groups excluding carboxylic acids is 1. The lowest BCUT2D eigenvalue weighted by molar-refractivity contribution is -0.149. The summed E-state index contributed by atoms with van der Waals surface area (Å²) >= 11 is 0. The summed E-state index contributed by atoms with van der Waals surface area (Å²) in [4.78, 5) is 11.4. The standard InChI is InChI=1S/C17H31FN4O2/c1-3-5-6-7-8-9-10-11-12-13-14-22-16(19-20-21-22)15(18)17(23)24-4-2/h15H,3-14H2,1-2H3. The molecule has 0 N–H and O–H groups in total. The van der Waals surface area contributed by atoms with Crippen LogP contribution in [-0.4, -0.2) is 32.8 Å². The van der Waals surface area contributed by atoms with Crippen LogP contribution in [0.15, 0.2) is 0 Å². The number of nitrogens with zero attached hydrogens (tertiary/aromatic N) is 4. The number of hydrogen-bond acceptors (Lipinski definition) is 5. The third-order valence-electron chi connectivity index (χ3n) is 4.00. The predicted molar refractivity (Wildman–Crippen MR) is 90.1 cm³/mol. The summed E-state index contributed by atoms with van der Waals surface area (Å²) in [6.07, 6.45) is 10.4. The first-order valence-corrected chi connectivity index (χ1v) is 9.27. The number of rotatable bonds is 14. The van der Waals surface area contributed by atoms with Gasteiger partial charge in [0, 0.05) is 6.54 Å². The van der Waals surface area contributed by atoms with Crippen molar-refractivity contribution in [2.75, 3.05) is 6.61 Å². The van der Waals surface area contributed by atoms with Gasteiger partial charge in [-0.05, 0) is 23.8 Å². The third-order valence-corrected chi connectivity index (χ3v) is 4.00. The quantitative estimate of drug-likeness (QED) is 0.375. The predicted octanol–water partition coefficient (Wildman–Crippen LogP) is 4.17. The van der Waals surface area contributed by atoms with Crippen LogP contribution in [0.25, 0.3) is 0 Å². The Morgan fingerprint density at radius 2 is 1.62 bits per heavy atom. The van der Waals surface area contributed by atoms with E-state index in [4.69, 9.17) is 0 Å². The van der Waals surface area contributed by atoms with Crippen molar-refractivity contribution in [2.45, 2.75) is 90.8 Å². The molecule has 1 aromatic rings. The average Bonchev–Trinajstić information content (AvgIpc) is 3.04. The van der Waals surface area contributed by atoms with Crippen LogP contribution in [0.2, 0.25) is 0 Å². The number of unbranched alkanes of at least 4 members (excludes halogenated alkanes) is 9. The van der Waals surface area contributed by atoms with E-state index in [-0.39, 0.29) is 12.4 Å². The zero-order valence-electron chi connectivity index (χ0n) is 15.0. The van der Waals surface area contributed by atoms with Crippen LogP contribution in [-0.2, 0) is 16.1 Å². The molecule has 0 bridgehead atoms. The van der Waals surface area contributed by atoms with Gasteiger partial charge < -0.3 is 4.74 Å². The minimum Gasteiger partial charge on any atom is -0.463 e. The van der Waals surface area contributed by atoms with Gasteiger partial charge in [-0.3, -0.25) is 0 Å². The molecule has 0 aliphatic rings. The van der Waals surface area contributed by atoms with Gasteiger partial charge in [-0.15, -0.1) is 5.10 Å². The molecule has 1 atom stereocenters. The van der Waals surface area contributed by atoms with Crippen molar-refractivity contribution in [3.8, 4) is 0 Å². The number of hydrogen-bond donors (Lipinski definition) is 0. The van der Waals surface area contributed by atoms with Crippen LogP contribution >= 0.6 is 0 Å². The largest absolute Gasteiger partial charge is 0.463 e. The second-order valence-electron chi connectivity index (χ2n) is 6.06. The van der Waals surface area contributed by atoms with Crippen LogP contribution in [0.1, 0.15) is 90.1 Å². The highest BCUT2D eigenvalue weighted by molar-refractivity contribution is 5.75. The fourth-order valence-electron chi connectivity index (χ4n) is 2.62. The van der Waals surface area contributed by atoms with Crippen molar-refractivity contribution < 1.29 is 13.9 Å². The van der Waals surface area contributed by atoms with Gasteiger partial charge in [0.05, 0.1) is 6.61 Å². The van der Waals surface area contributed by atoms with E-state index < -0.39 is 12.1 Å². The Balaban J connectivity index is 2.16. The highest BCUT2D eigenvalue weighted by Crippen LogP contribution is 2.17. The zero-order valence-corrected chi connectivity index (χ0v) is 15.0. The van der Waals surface area contributed by atoms with Crippen molar-refractivity contribution in [2.24, 2.45) is 0 Å². The number of aryl methyl sites for hydroxylation is 1. The molecule has 1 aromatic heterocycles. The van der Waals surface area contributed by atoms with Crippen molar-refractivity contribution in [1.82, 2.24) is 20.2 Å². The molecule has 0 aliphatic carbocycles. The molecule has 7 heteroatoms. The van der Waals surface area contributed by atoms with E-state index in [9.17, 15) is 9.18 Å². The molecule has 1 heterocycles. The average molecular weight is 342 g/mol. The van der Waals surface area contributed by atoms with Gasteiger partial charge in [0.15, 0.2) is 5.82 Å². The SMILES string of the molecule is CCCCCCCCCCCCn1nnnc1C(F)C(=O)OCC. The van der Waals surface area contributed by atoms with Crippen LogP contribution in [0, 0.1) is 0 Å². The second kappa shape index (κ2) is 12.8. The van der Waals surface area contributed by atoms with Gasteiger partial charge in [0.2, 0.25) is 0 Å². The minimum absolute atomic E-state index is 0.0654. The highest BCUT2D eigenvalue weighted by atomic mass is 19.1. The summed E-state index contributed by atoms with van der Waals surface area (Å²) in [6.45, 7) is 4.53. The molecule has 138 valence electrons. The monoisotopic (exact) mass is 342 g/mol. The Bertz CT molecular complexity index is 454. The molecular formula is C17H31FN4O2. The van der Waals surface area contributed by atoms with Crippen molar-refractivity contribution in [1.29, 1.82) is 0 Å². The molecular weight excluding hydrogens is 311 g/mol. The maximum atomic E-state index is 14.0. The van der Waals surface area contributed by atoms with Crippen LogP contribution in [0.3, 0.4) is 0 Å². The third kappa shape index (κ3) is 7.84. The molecule has 0 spiro atoms. The van der Waals surface area contributed by atoms with E-state index in [1.807, 2.05) is 0 Å². The van der Waals surface area contributed by atoms with E-state index in [2.05, 4.69) is 27.2 Å². The molecule has 0 amide bonds. The maximum absolute atomic E-state index is 14.0. The van der Waals surface area contributed by atoms with Gasteiger partial charge in [0.25, 0.3) is 6.17 Å². The number of carbonyl (C=O) groups is 1. The summed E-state index contributed by atoms with van der Waals surface area (Å²) in [5.74, 6) is -0.999. The lowest BCUT2D eigenvalue weighted by atomic mass is 10.1. The number of tetrazole rings is 1. The summed E-state index contributed by atoms with van der Waals surface area (Å²) in [6, 6.07) is 0. The fourth-order valence-corrected chi connectivity index (χ4v) is 2.62. The fraction of sp³-hybridized carbons (Fsp3) is 0.882. The van der Waals surface area contributed by atoms with E-state index in [0.29, 0.717) is 6.54 Å². The maximum Gasteiger partial charge on any atom is 0.348 e. The van der Waals surface area contributed by atoms with Crippen LogP contribution < -0.4 is 0 Å². The molecule has 1 unspecified atom stereocenters.